The molecule has 4 aromatic rings. The number of para-hydroxylation sites is 1. The molecule has 1 N–H and O–H groups in total. The van der Waals surface area contributed by atoms with Crippen LogP contribution in [0.25, 0.3) is 21.8 Å². The van der Waals surface area contributed by atoms with Gasteiger partial charge in [-0.3, -0.25) is 14.2 Å². The predicted molar refractivity (Wildman–Crippen MR) is 134 cm³/mol. The lowest BCUT2D eigenvalue weighted by atomic mass is 9.97. The van der Waals surface area contributed by atoms with Crippen molar-refractivity contribution in [3.63, 3.8) is 0 Å². The van der Waals surface area contributed by atoms with Crippen LogP contribution in [-0.4, -0.2) is 19.5 Å². The SMILES string of the molecule is O=c1[nH]c(CSc2nc3ccccc3c(=O)n2CCC2=CCCCC2)nc2cc(Cl)ccc12. The molecule has 0 aliphatic heterocycles. The molecule has 0 unspecified atom stereocenters. The Bertz CT molecular complexity index is 1490. The standard InChI is InChI=1S/C25H23ClN4O2S/c26-17-10-11-18-21(14-17)27-22(29-23(18)31)15-33-25-28-20-9-5-4-8-19(20)24(32)30(25)13-12-16-6-2-1-3-7-16/h4-6,8-11,14H,1-3,7,12-13,15H2,(H,27,29,31). The summed E-state index contributed by atoms with van der Waals surface area (Å²) in [6.45, 7) is 0.585. The Morgan fingerprint density at radius 2 is 1.91 bits per heavy atom. The van der Waals surface area contributed by atoms with Gasteiger partial charge in [-0.05, 0) is 62.4 Å². The molecule has 0 atom stereocenters. The molecule has 168 valence electrons. The van der Waals surface area contributed by atoms with Crippen molar-refractivity contribution >= 4 is 45.2 Å². The molecule has 33 heavy (non-hydrogen) atoms. The zero-order valence-electron chi connectivity index (χ0n) is 18.0. The summed E-state index contributed by atoms with van der Waals surface area (Å²) in [5, 5.41) is 2.27. The molecule has 0 spiro atoms. The van der Waals surface area contributed by atoms with E-state index in [-0.39, 0.29) is 11.1 Å². The van der Waals surface area contributed by atoms with Crippen molar-refractivity contribution in [3.05, 3.63) is 85.7 Å². The van der Waals surface area contributed by atoms with Crippen LogP contribution in [0.1, 0.15) is 37.9 Å². The van der Waals surface area contributed by atoms with Crippen molar-refractivity contribution in [1.82, 2.24) is 19.5 Å². The molecule has 2 aromatic carbocycles. The first kappa shape index (κ1) is 21.9. The maximum Gasteiger partial charge on any atom is 0.262 e. The van der Waals surface area contributed by atoms with Gasteiger partial charge in [0, 0.05) is 11.6 Å². The average Bonchev–Trinajstić information content (AvgIpc) is 2.82. The quantitative estimate of drug-likeness (QED) is 0.226. The fourth-order valence-electron chi connectivity index (χ4n) is 4.20. The van der Waals surface area contributed by atoms with Crippen LogP contribution in [0, 0.1) is 0 Å². The van der Waals surface area contributed by atoms with Gasteiger partial charge in [-0.1, -0.05) is 47.1 Å². The lowest BCUT2D eigenvalue weighted by Gasteiger charge is -2.16. The largest absolute Gasteiger partial charge is 0.309 e. The second-order valence-electron chi connectivity index (χ2n) is 8.19. The molecule has 0 saturated heterocycles. The Balaban J connectivity index is 1.47. The van der Waals surface area contributed by atoms with E-state index in [2.05, 4.69) is 16.0 Å². The minimum absolute atomic E-state index is 0.0359. The molecule has 0 bridgehead atoms. The number of halogens is 1. The van der Waals surface area contributed by atoms with E-state index < -0.39 is 0 Å². The molecule has 2 aromatic heterocycles. The number of rotatable bonds is 6. The molecule has 6 nitrogen and oxygen atoms in total. The normalized spacial score (nSPS) is 14.0. The van der Waals surface area contributed by atoms with Crippen LogP contribution in [0.5, 0.6) is 0 Å². The van der Waals surface area contributed by atoms with Crippen LogP contribution >= 0.6 is 23.4 Å². The van der Waals surface area contributed by atoms with E-state index in [1.54, 1.807) is 22.8 Å². The summed E-state index contributed by atoms with van der Waals surface area (Å²) in [4.78, 5) is 38.0. The van der Waals surface area contributed by atoms with Crippen molar-refractivity contribution < 1.29 is 0 Å². The third-order valence-electron chi connectivity index (χ3n) is 5.92. The molecule has 8 heteroatoms. The number of aromatic nitrogens is 4. The topological polar surface area (TPSA) is 80.6 Å². The molecule has 1 aliphatic rings. The first-order valence-electron chi connectivity index (χ1n) is 11.1. The summed E-state index contributed by atoms with van der Waals surface area (Å²) in [5.41, 5.74) is 2.39. The monoisotopic (exact) mass is 478 g/mol. The molecule has 0 radical (unpaired) electrons. The van der Waals surface area contributed by atoms with Gasteiger partial charge in [-0.2, -0.15) is 0 Å². The Hall–Kier alpha value is -2.90. The Morgan fingerprint density at radius 3 is 2.76 bits per heavy atom. The van der Waals surface area contributed by atoms with Gasteiger partial charge in [0.2, 0.25) is 0 Å². The number of hydrogen-bond acceptors (Lipinski definition) is 5. The van der Waals surface area contributed by atoms with Crippen molar-refractivity contribution in [2.75, 3.05) is 0 Å². The highest BCUT2D eigenvalue weighted by Crippen LogP contribution is 2.24. The number of nitrogens with one attached hydrogen (secondary N) is 1. The summed E-state index contributed by atoms with van der Waals surface area (Å²) in [7, 11) is 0. The van der Waals surface area contributed by atoms with E-state index >= 15 is 0 Å². The van der Waals surface area contributed by atoms with E-state index in [0.717, 1.165) is 19.3 Å². The number of benzene rings is 2. The fraction of sp³-hybridized carbons (Fsp3) is 0.280. The van der Waals surface area contributed by atoms with Gasteiger partial charge >= 0.3 is 0 Å². The lowest BCUT2D eigenvalue weighted by molar-refractivity contribution is 0.569. The number of aromatic amines is 1. The summed E-state index contributed by atoms with van der Waals surface area (Å²) < 4.78 is 1.76. The van der Waals surface area contributed by atoms with Crippen molar-refractivity contribution in [2.45, 2.75) is 49.6 Å². The molecule has 0 fully saturated rings. The molecular weight excluding hydrogens is 456 g/mol. The van der Waals surface area contributed by atoms with Gasteiger partial charge in [0.15, 0.2) is 5.16 Å². The Labute approximate surface area is 199 Å². The fourth-order valence-corrected chi connectivity index (χ4v) is 5.27. The van der Waals surface area contributed by atoms with Gasteiger partial charge in [0.1, 0.15) is 5.82 Å². The summed E-state index contributed by atoms with van der Waals surface area (Å²) >= 11 is 7.48. The minimum Gasteiger partial charge on any atom is -0.309 e. The van der Waals surface area contributed by atoms with Gasteiger partial charge in [0.05, 0.1) is 27.6 Å². The highest BCUT2D eigenvalue weighted by atomic mass is 35.5. The molecule has 0 amide bonds. The number of hydrogen-bond donors (Lipinski definition) is 1. The van der Waals surface area contributed by atoms with Crippen LogP contribution < -0.4 is 11.1 Å². The lowest BCUT2D eigenvalue weighted by Crippen LogP contribution is -2.24. The van der Waals surface area contributed by atoms with E-state index in [0.29, 0.717) is 50.1 Å². The molecule has 1 aliphatic carbocycles. The van der Waals surface area contributed by atoms with Gasteiger partial charge in [-0.15, -0.1) is 0 Å². The maximum atomic E-state index is 13.3. The zero-order chi connectivity index (χ0) is 22.8. The van der Waals surface area contributed by atoms with Crippen LogP contribution in [0.4, 0.5) is 0 Å². The van der Waals surface area contributed by atoms with E-state index in [1.165, 1.54) is 30.2 Å². The number of allylic oxidation sites excluding steroid dienone is 2. The van der Waals surface area contributed by atoms with Gasteiger partial charge < -0.3 is 4.98 Å². The molecule has 5 rings (SSSR count). The smallest absolute Gasteiger partial charge is 0.262 e. The zero-order valence-corrected chi connectivity index (χ0v) is 19.6. The van der Waals surface area contributed by atoms with Gasteiger partial charge in [-0.25, -0.2) is 9.97 Å². The van der Waals surface area contributed by atoms with Crippen LogP contribution in [0.2, 0.25) is 5.02 Å². The van der Waals surface area contributed by atoms with Crippen molar-refractivity contribution in [1.29, 1.82) is 0 Å². The summed E-state index contributed by atoms with van der Waals surface area (Å²) in [5.74, 6) is 0.897. The van der Waals surface area contributed by atoms with Gasteiger partial charge in [0.25, 0.3) is 11.1 Å². The predicted octanol–water partition coefficient (Wildman–Crippen LogP) is 5.47. The number of nitrogens with zero attached hydrogens (tertiary/aromatic N) is 3. The van der Waals surface area contributed by atoms with Crippen molar-refractivity contribution in [2.24, 2.45) is 0 Å². The number of thioether (sulfide) groups is 1. The molecule has 0 saturated carbocycles. The molecular formula is C25H23ClN4O2S. The Kier molecular flexibility index (Phi) is 6.33. The second-order valence-corrected chi connectivity index (χ2v) is 9.57. The second kappa shape index (κ2) is 9.53. The number of fused-ring (bicyclic) bond motifs is 2. The van der Waals surface area contributed by atoms with Crippen LogP contribution in [0.3, 0.4) is 0 Å². The first-order chi connectivity index (χ1) is 16.1. The van der Waals surface area contributed by atoms with Crippen LogP contribution in [-0.2, 0) is 12.3 Å². The summed E-state index contributed by atoms with van der Waals surface area (Å²) in [6, 6.07) is 12.4. The number of H-pyrrole nitrogens is 1. The molecule has 2 heterocycles. The summed E-state index contributed by atoms with van der Waals surface area (Å²) in [6.07, 6.45) is 7.82. The highest BCUT2D eigenvalue weighted by Gasteiger charge is 2.14. The highest BCUT2D eigenvalue weighted by molar-refractivity contribution is 7.98. The van der Waals surface area contributed by atoms with E-state index in [1.807, 2.05) is 24.3 Å². The maximum absolute atomic E-state index is 13.3. The first-order valence-corrected chi connectivity index (χ1v) is 12.4. The minimum atomic E-state index is -0.208. The Morgan fingerprint density at radius 1 is 1.03 bits per heavy atom. The third-order valence-corrected chi connectivity index (χ3v) is 7.15. The third kappa shape index (κ3) is 4.75. The van der Waals surface area contributed by atoms with E-state index in [4.69, 9.17) is 16.6 Å². The average molecular weight is 479 g/mol. The van der Waals surface area contributed by atoms with Crippen LogP contribution in [0.15, 0.2) is 68.9 Å². The van der Waals surface area contributed by atoms with E-state index in [9.17, 15) is 9.59 Å². The van der Waals surface area contributed by atoms with Crippen molar-refractivity contribution in [3.8, 4) is 0 Å².